The first-order chi connectivity index (χ1) is 9.49. The first kappa shape index (κ1) is 14.3. The van der Waals surface area contributed by atoms with Gasteiger partial charge in [0.1, 0.15) is 23.3 Å². The van der Waals surface area contributed by atoms with Gasteiger partial charge in [-0.2, -0.15) is 0 Å². The number of halogens is 2. The molecule has 0 aliphatic rings. The summed E-state index contributed by atoms with van der Waals surface area (Å²) in [4.78, 5) is 8.92. The summed E-state index contributed by atoms with van der Waals surface area (Å²) in [7, 11) is 1.54. The maximum absolute atomic E-state index is 13.1. The SMILES string of the molecule is CN=C(N)c1cc(Sc2cc(F)cc(F)c2)cnc1N. The van der Waals surface area contributed by atoms with Crippen LogP contribution in [0.3, 0.4) is 0 Å². The van der Waals surface area contributed by atoms with E-state index >= 15 is 0 Å². The number of hydrogen-bond donors (Lipinski definition) is 2. The Labute approximate surface area is 118 Å². The Balaban J connectivity index is 2.34. The summed E-state index contributed by atoms with van der Waals surface area (Å²) in [5, 5.41) is 0. The van der Waals surface area contributed by atoms with Gasteiger partial charge < -0.3 is 11.5 Å². The van der Waals surface area contributed by atoms with Crippen LogP contribution in [0.15, 0.2) is 45.2 Å². The van der Waals surface area contributed by atoms with Gasteiger partial charge in [0.15, 0.2) is 0 Å². The van der Waals surface area contributed by atoms with Crippen LogP contribution in [0.1, 0.15) is 5.56 Å². The van der Waals surface area contributed by atoms with Crippen molar-refractivity contribution >= 4 is 23.4 Å². The lowest BCUT2D eigenvalue weighted by Crippen LogP contribution is -2.16. The molecular formula is C13H12F2N4S. The van der Waals surface area contributed by atoms with E-state index in [1.807, 2.05) is 0 Å². The molecule has 20 heavy (non-hydrogen) atoms. The number of nitrogens with zero attached hydrogens (tertiary/aromatic N) is 2. The molecule has 0 radical (unpaired) electrons. The molecule has 0 saturated heterocycles. The van der Waals surface area contributed by atoms with Gasteiger partial charge in [0, 0.05) is 29.1 Å². The molecule has 0 aliphatic carbocycles. The van der Waals surface area contributed by atoms with Crippen molar-refractivity contribution in [3.8, 4) is 0 Å². The second-order valence-electron chi connectivity index (χ2n) is 3.92. The predicted molar refractivity (Wildman–Crippen MR) is 75.8 cm³/mol. The van der Waals surface area contributed by atoms with Crippen LogP contribution in [0, 0.1) is 11.6 Å². The van der Waals surface area contributed by atoms with Crippen molar-refractivity contribution in [2.75, 3.05) is 12.8 Å². The molecule has 0 unspecified atom stereocenters. The highest BCUT2D eigenvalue weighted by Crippen LogP contribution is 2.29. The van der Waals surface area contributed by atoms with Crippen LogP contribution in [0.4, 0.5) is 14.6 Å². The van der Waals surface area contributed by atoms with Gasteiger partial charge in [0.05, 0.1) is 5.56 Å². The molecule has 0 atom stereocenters. The Morgan fingerprint density at radius 3 is 2.40 bits per heavy atom. The number of aliphatic imine (C=N–C) groups is 1. The van der Waals surface area contributed by atoms with Gasteiger partial charge in [0.25, 0.3) is 0 Å². The van der Waals surface area contributed by atoms with Crippen LogP contribution in [0.2, 0.25) is 0 Å². The van der Waals surface area contributed by atoms with E-state index in [0.29, 0.717) is 15.4 Å². The van der Waals surface area contributed by atoms with Crippen LogP contribution in [-0.4, -0.2) is 17.9 Å². The van der Waals surface area contributed by atoms with E-state index in [2.05, 4.69) is 9.98 Å². The number of rotatable bonds is 3. The Morgan fingerprint density at radius 1 is 1.15 bits per heavy atom. The number of nitrogens with two attached hydrogens (primary N) is 2. The fraction of sp³-hybridized carbons (Fsp3) is 0.0769. The van der Waals surface area contributed by atoms with Crippen LogP contribution in [0.5, 0.6) is 0 Å². The standard InChI is InChI=1S/C13H12F2N4S/c1-18-12(16)11-5-10(6-19-13(11)17)20-9-3-7(14)2-8(15)4-9/h2-6H,1H3,(H2,16,18)(H2,17,19). The second-order valence-corrected chi connectivity index (χ2v) is 5.07. The number of benzene rings is 1. The average molecular weight is 294 g/mol. The van der Waals surface area contributed by atoms with Crippen molar-refractivity contribution in [2.24, 2.45) is 10.7 Å². The predicted octanol–water partition coefficient (Wildman–Crippen LogP) is 2.43. The van der Waals surface area contributed by atoms with E-state index in [0.717, 1.165) is 17.8 Å². The summed E-state index contributed by atoms with van der Waals surface area (Å²) in [6.45, 7) is 0. The molecule has 0 spiro atoms. The minimum Gasteiger partial charge on any atom is -0.383 e. The number of anilines is 1. The van der Waals surface area contributed by atoms with Crippen LogP contribution in [-0.2, 0) is 0 Å². The molecular weight excluding hydrogens is 282 g/mol. The molecule has 104 valence electrons. The third-order valence-corrected chi connectivity index (χ3v) is 3.41. The highest BCUT2D eigenvalue weighted by atomic mass is 32.2. The van der Waals surface area contributed by atoms with E-state index in [9.17, 15) is 8.78 Å². The lowest BCUT2D eigenvalue weighted by Gasteiger charge is -2.07. The molecule has 2 rings (SSSR count). The van der Waals surface area contributed by atoms with Crippen LogP contribution in [0.25, 0.3) is 0 Å². The maximum atomic E-state index is 13.1. The first-order valence-corrected chi connectivity index (χ1v) is 6.43. The van der Waals surface area contributed by atoms with Crippen LogP contribution < -0.4 is 11.5 Å². The summed E-state index contributed by atoms with van der Waals surface area (Å²) in [5.74, 6) is -0.762. The minimum absolute atomic E-state index is 0.253. The van der Waals surface area contributed by atoms with E-state index in [1.54, 1.807) is 6.07 Å². The molecule has 0 saturated carbocycles. The topological polar surface area (TPSA) is 77.3 Å². The normalized spacial score (nSPS) is 11.7. The number of pyridine rings is 1. The zero-order valence-electron chi connectivity index (χ0n) is 10.6. The number of aromatic nitrogens is 1. The van der Waals surface area contributed by atoms with Crippen LogP contribution >= 0.6 is 11.8 Å². The van der Waals surface area contributed by atoms with Crippen molar-refractivity contribution < 1.29 is 8.78 Å². The Hall–Kier alpha value is -2.15. The number of nitrogen functional groups attached to an aromatic ring is 1. The summed E-state index contributed by atoms with van der Waals surface area (Å²) >= 11 is 1.16. The van der Waals surface area contributed by atoms with Gasteiger partial charge in [-0.25, -0.2) is 13.8 Å². The van der Waals surface area contributed by atoms with Crippen molar-refractivity contribution in [1.82, 2.24) is 4.98 Å². The molecule has 7 heteroatoms. The van der Waals surface area contributed by atoms with Gasteiger partial charge in [-0.3, -0.25) is 4.99 Å². The van der Waals surface area contributed by atoms with Gasteiger partial charge in [0.2, 0.25) is 0 Å². The molecule has 0 amide bonds. The number of hydrogen-bond acceptors (Lipinski definition) is 4. The van der Waals surface area contributed by atoms with Crippen molar-refractivity contribution in [1.29, 1.82) is 0 Å². The zero-order valence-corrected chi connectivity index (χ0v) is 11.4. The van der Waals surface area contributed by atoms with E-state index in [1.165, 1.54) is 25.4 Å². The summed E-state index contributed by atoms with van der Waals surface area (Å²) in [5.41, 5.74) is 11.9. The Morgan fingerprint density at radius 2 is 1.80 bits per heavy atom. The first-order valence-electron chi connectivity index (χ1n) is 5.61. The number of amidine groups is 1. The fourth-order valence-electron chi connectivity index (χ4n) is 1.56. The quantitative estimate of drug-likeness (QED) is 0.673. The monoisotopic (exact) mass is 294 g/mol. The molecule has 2 aromatic rings. The molecule has 1 aromatic heterocycles. The molecule has 4 nitrogen and oxygen atoms in total. The molecule has 1 heterocycles. The zero-order chi connectivity index (χ0) is 14.7. The smallest absolute Gasteiger partial charge is 0.134 e. The summed E-state index contributed by atoms with van der Waals surface area (Å²) in [6, 6.07) is 4.97. The van der Waals surface area contributed by atoms with Crippen molar-refractivity contribution in [3.63, 3.8) is 0 Å². The molecule has 0 bridgehead atoms. The van der Waals surface area contributed by atoms with Crippen molar-refractivity contribution in [2.45, 2.75) is 9.79 Å². The van der Waals surface area contributed by atoms with E-state index < -0.39 is 11.6 Å². The average Bonchev–Trinajstić information content (AvgIpc) is 2.39. The Bertz CT molecular complexity index is 653. The molecule has 0 fully saturated rings. The summed E-state index contributed by atoms with van der Waals surface area (Å²) in [6.07, 6.45) is 1.51. The highest BCUT2D eigenvalue weighted by Gasteiger charge is 2.08. The summed E-state index contributed by atoms with van der Waals surface area (Å²) < 4.78 is 26.3. The van der Waals surface area contributed by atoms with E-state index in [-0.39, 0.29) is 11.7 Å². The highest BCUT2D eigenvalue weighted by molar-refractivity contribution is 7.99. The second kappa shape index (κ2) is 5.87. The minimum atomic E-state index is -0.634. The molecule has 0 aliphatic heterocycles. The molecule has 1 aromatic carbocycles. The maximum Gasteiger partial charge on any atom is 0.134 e. The fourth-order valence-corrected chi connectivity index (χ4v) is 2.46. The lowest BCUT2D eigenvalue weighted by molar-refractivity contribution is 0.577. The van der Waals surface area contributed by atoms with Gasteiger partial charge in [-0.05, 0) is 18.2 Å². The van der Waals surface area contributed by atoms with E-state index in [4.69, 9.17) is 11.5 Å². The van der Waals surface area contributed by atoms with Crippen molar-refractivity contribution in [3.05, 3.63) is 47.7 Å². The third kappa shape index (κ3) is 3.24. The van der Waals surface area contributed by atoms with Gasteiger partial charge in [-0.15, -0.1) is 0 Å². The Kier molecular flexibility index (Phi) is 4.19. The third-order valence-electron chi connectivity index (χ3n) is 2.48. The largest absolute Gasteiger partial charge is 0.383 e. The van der Waals surface area contributed by atoms with Gasteiger partial charge >= 0.3 is 0 Å². The molecule has 4 N–H and O–H groups in total. The lowest BCUT2D eigenvalue weighted by atomic mass is 10.2. The van der Waals surface area contributed by atoms with Gasteiger partial charge in [-0.1, -0.05) is 11.8 Å².